The van der Waals surface area contributed by atoms with Gasteiger partial charge in [0.05, 0.1) is 0 Å². The topological polar surface area (TPSA) is 46.3 Å². The summed E-state index contributed by atoms with van der Waals surface area (Å²) in [6.45, 7) is 6.43. The van der Waals surface area contributed by atoms with Crippen molar-refractivity contribution < 1.29 is 4.79 Å². The molecule has 116 valence electrons. The zero-order valence-electron chi connectivity index (χ0n) is 13.7. The van der Waals surface area contributed by atoms with E-state index in [1.165, 1.54) is 6.42 Å². The van der Waals surface area contributed by atoms with Gasteiger partial charge < -0.3 is 10.6 Å². The van der Waals surface area contributed by atoms with Crippen molar-refractivity contribution >= 4 is 5.91 Å². The van der Waals surface area contributed by atoms with Crippen molar-refractivity contribution in [2.24, 2.45) is 5.73 Å². The fourth-order valence-corrected chi connectivity index (χ4v) is 3.29. The van der Waals surface area contributed by atoms with Crippen molar-refractivity contribution in [1.29, 1.82) is 0 Å². The van der Waals surface area contributed by atoms with Crippen LogP contribution in [0.4, 0.5) is 0 Å². The van der Waals surface area contributed by atoms with Crippen LogP contribution < -0.4 is 5.73 Å². The average Bonchev–Trinajstić information content (AvgIpc) is 2.45. The van der Waals surface area contributed by atoms with E-state index in [-0.39, 0.29) is 23.4 Å². The lowest BCUT2D eigenvalue weighted by atomic mass is 9.83. The number of amides is 1. The summed E-state index contributed by atoms with van der Waals surface area (Å²) in [6, 6.07) is 8.21. The number of benzene rings is 1. The molecule has 1 saturated carbocycles. The highest BCUT2D eigenvalue weighted by Gasteiger charge is 2.31. The van der Waals surface area contributed by atoms with Crippen molar-refractivity contribution in [3.63, 3.8) is 0 Å². The number of hydrogen-bond acceptors (Lipinski definition) is 2. The summed E-state index contributed by atoms with van der Waals surface area (Å²) < 4.78 is 0. The molecule has 0 aliphatic heterocycles. The molecule has 1 aromatic carbocycles. The number of hydrogen-bond donors (Lipinski definition) is 1. The highest BCUT2D eigenvalue weighted by Crippen LogP contribution is 2.28. The molecule has 2 rings (SSSR count). The molecule has 0 spiro atoms. The van der Waals surface area contributed by atoms with Gasteiger partial charge in [-0.2, -0.15) is 0 Å². The molecular formula is C18H28N2O. The first-order valence-electron chi connectivity index (χ1n) is 7.94. The smallest absolute Gasteiger partial charge is 0.254 e. The van der Waals surface area contributed by atoms with Crippen LogP contribution in [0.3, 0.4) is 0 Å². The highest BCUT2D eigenvalue weighted by molar-refractivity contribution is 5.96. The molecule has 0 radical (unpaired) electrons. The second kappa shape index (κ2) is 6.18. The van der Waals surface area contributed by atoms with Gasteiger partial charge in [-0.15, -0.1) is 0 Å². The van der Waals surface area contributed by atoms with Gasteiger partial charge in [0.15, 0.2) is 0 Å². The molecular weight excluding hydrogens is 260 g/mol. The zero-order valence-corrected chi connectivity index (χ0v) is 13.7. The van der Waals surface area contributed by atoms with Crippen molar-refractivity contribution in [2.75, 3.05) is 7.05 Å². The number of nitrogens with two attached hydrogens (primary N) is 1. The molecule has 2 unspecified atom stereocenters. The number of carbonyl (C=O) groups is 1. The Labute approximate surface area is 128 Å². The van der Waals surface area contributed by atoms with Gasteiger partial charge in [-0.1, -0.05) is 51.8 Å². The Bertz CT molecular complexity index is 504. The van der Waals surface area contributed by atoms with Gasteiger partial charge in [-0.05, 0) is 29.9 Å². The van der Waals surface area contributed by atoms with Crippen molar-refractivity contribution in [3.05, 3.63) is 35.4 Å². The van der Waals surface area contributed by atoms with Crippen LogP contribution in [0.5, 0.6) is 0 Å². The van der Waals surface area contributed by atoms with Crippen LogP contribution in [-0.4, -0.2) is 29.9 Å². The predicted molar refractivity (Wildman–Crippen MR) is 87.5 cm³/mol. The maximum Gasteiger partial charge on any atom is 0.254 e. The monoisotopic (exact) mass is 288 g/mol. The molecule has 1 aliphatic carbocycles. The van der Waals surface area contributed by atoms with Crippen molar-refractivity contribution in [3.8, 4) is 0 Å². The minimum atomic E-state index is -0.0399. The van der Waals surface area contributed by atoms with Gasteiger partial charge in [-0.3, -0.25) is 4.79 Å². The first-order chi connectivity index (χ1) is 9.82. The normalized spacial score (nSPS) is 22.9. The summed E-state index contributed by atoms with van der Waals surface area (Å²) in [5.41, 5.74) is 8.10. The summed E-state index contributed by atoms with van der Waals surface area (Å²) in [4.78, 5) is 14.8. The Morgan fingerprint density at radius 1 is 1.19 bits per heavy atom. The van der Waals surface area contributed by atoms with Gasteiger partial charge in [0, 0.05) is 24.7 Å². The summed E-state index contributed by atoms with van der Waals surface area (Å²) in [7, 11) is 1.90. The molecule has 2 N–H and O–H groups in total. The third-order valence-electron chi connectivity index (χ3n) is 4.56. The van der Waals surface area contributed by atoms with E-state index in [9.17, 15) is 4.79 Å². The lowest BCUT2D eigenvalue weighted by Crippen LogP contribution is -2.50. The SMILES string of the molecule is CN(C(=O)c1ccccc1C(C)(C)C)C1CCCCC1N. The Balaban J connectivity index is 2.28. The molecule has 0 heterocycles. The van der Waals surface area contributed by atoms with E-state index < -0.39 is 0 Å². The molecule has 0 saturated heterocycles. The number of likely N-dealkylation sites (N-methyl/N-ethyl adjacent to an activating group) is 1. The second-order valence-corrected chi connectivity index (χ2v) is 7.23. The van der Waals surface area contributed by atoms with Crippen LogP contribution >= 0.6 is 0 Å². The van der Waals surface area contributed by atoms with E-state index in [1.54, 1.807) is 0 Å². The van der Waals surface area contributed by atoms with E-state index in [0.29, 0.717) is 0 Å². The van der Waals surface area contributed by atoms with E-state index in [4.69, 9.17) is 5.73 Å². The standard InChI is InChI=1S/C18H28N2O/c1-18(2,3)14-10-6-5-9-13(14)17(21)20(4)16-12-8-7-11-15(16)19/h5-6,9-10,15-16H,7-8,11-12,19H2,1-4H3. The number of nitrogens with zero attached hydrogens (tertiary/aromatic N) is 1. The Kier molecular flexibility index (Phi) is 4.72. The molecule has 3 nitrogen and oxygen atoms in total. The average molecular weight is 288 g/mol. The Hall–Kier alpha value is -1.35. The first-order valence-corrected chi connectivity index (χ1v) is 7.94. The van der Waals surface area contributed by atoms with Crippen LogP contribution in [0.1, 0.15) is 62.4 Å². The lowest BCUT2D eigenvalue weighted by molar-refractivity contribution is 0.0669. The fourth-order valence-electron chi connectivity index (χ4n) is 3.29. The van der Waals surface area contributed by atoms with Gasteiger partial charge in [0.1, 0.15) is 0 Å². The highest BCUT2D eigenvalue weighted by atomic mass is 16.2. The van der Waals surface area contributed by atoms with Crippen LogP contribution in [-0.2, 0) is 5.41 Å². The molecule has 21 heavy (non-hydrogen) atoms. The summed E-state index contributed by atoms with van der Waals surface area (Å²) in [5.74, 6) is 0.0999. The Morgan fingerprint density at radius 3 is 2.43 bits per heavy atom. The van der Waals surface area contributed by atoms with E-state index in [1.807, 2.05) is 30.1 Å². The van der Waals surface area contributed by atoms with Crippen LogP contribution in [0.25, 0.3) is 0 Å². The third kappa shape index (κ3) is 3.46. The zero-order chi connectivity index (χ0) is 15.6. The maximum atomic E-state index is 12.9. The van der Waals surface area contributed by atoms with E-state index in [2.05, 4.69) is 26.8 Å². The molecule has 1 aromatic rings. The molecule has 1 amide bonds. The fraction of sp³-hybridized carbons (Fsp3) is 0.611. The minimum Gasteiger partial charge on any atom is -0.337 e. The first kappa shape index (κ1) is 16.0. The quantitative estimate of drug-likeness (QED) is 0.907. The molecule has 1 fully saturated rings. The Morgan fingerprint density at radius 2 is 1.81 bits per heavy atom. The minimum absolute atomic E-state index is 0.0399. The third-order valence-corrected chi connectivity index (χ3v) is 4.56. The summed E-state index contributed by atoms with van der Waals surface area (Å²) >= 11 is 0. The lowest BCUT2D eigenvalue weighted by Gasteiger charge is -2.37. The van der Waals surface area contributed by atoms with Crippen LogP contribution in [0.15, 0.2) is 24.3 Å². The summed E-state index contributed by atoms with van der Waals surface area (Å²) in [6.07, 6.45) is 4.37. The van der Waals surface area contributed by atoms with Gasteiger partial charge in [0.25, 0.3) is 5.91 Å². The molecule has 3 heteroatoms. The van der Waals surface area contributed by atoms with Crippen molar-refractivity contribution in [2.45, 2.75) is 64.0 Å². The number of carbonyl (C=O) groups excluding carboxylic acids is 1. The van der Waals surface area contributed by atoms with Gasteiger partial charge in [-0.25, -0.2) is 0 Å². The predicted octanol–water partition coefficient (Wildman–Crippen LogP) is 3.33. The van der Waals surface area contributed by atoms with Crippen LogP contribution in [0, 0.1) is 0 Å². The van der Waals surface area contributed by atoms with Crippen LogP contribution in [0.2, 0.25) is 0 Å². The molecule has 0 bridgehead atoms. The summed E-state index contributed by atoms with van der Waals surface area (Å²) in [5, 5.41) is 0. The molecule has 0 aromatic heterocycles. The number of rotatable bonds is 2. The second-order valence-electron chi connectivity index (χ2n) is 7.23. The van der Waals surface area contributed by atoms with E-state index in [0.717, 1.165) is 30.4 Å². The van der Waals surface area contributed by atoms with Crippen molar-refractivity contribution in [1.82, 2.24) is 4.90 Å². The maximum absolute atomic E-state index is 12.9. The van der Waals surface area contributed by atoms with Gasteiger partial charge in [0.2, 0.25) is 0 Å². The largest absolute Gasteiger partial charge is 0.337 e. The molecule has 2 atom stereocenters. The van der Waals surface area contributed by atoms with E-state index >= 15 is 0 Å². The van der Waals surface area contributed by atoms with Gasteiger partial charge >= 0.3 is 0 Å². The molecule has 1 aliphatic rings.